The number of carboxylic acids is 1. The van der Waals surface area contributed by atoms with Crippen molar-refractivity contribution in [2.24, 2.45) is 0 Å². The SMILES string of the molecule is Cc1cc(NC(=O)COc2cncc(C(=O)O)c2)on1. The maximum Gasteiger partial charge on any atom is 0.337 e. The predicted molar refractivity (Wildman–Crippen MR) is 66.6 cm³/mol. The van der Waals surface area contributed by atoms with Crippen molar-refractivity contribution >= 4 is 17.8 Å². The summed E-state index contributed by atoms with van der Waals surface area (Å²) in [6.07, 6.45) is 2.50. The Bertz CT molecular complexity index is 638. The molecule has 0 bridgehead atoms. The number of aromatic carboxylic acids is 1. The van der Waals surface area contributed by atoms with Crippen molar-refractivity contribution in [3.8, 4) is 5.75 Å². The van der Waals surface area contributed by atoms with E-state index in [1.165, 1.54) is 18.5 Å². The highest BCUT2D eigenvalue weighted by atomic mass is 16.5. The van der Waals surface area contributed by atoms with Crippen molar-refractivity contribution in [3.05, 3.63) is 35.8 Å². The molecule has 0 unspecified atom stereocenters. The van der Waals surface area contributed by atoms with Gasteiger partial charge in [-0.15, -0.1) is 0 Å². The lowest BCUT2D eigenvalue weighted by molar-refractivity contribution is -0.118. The summed E-state index contributed by atoms with van der Waals surface area (Å²) in [5.41, 5.74) is 0.619. The Balaban J connectivity index is 1.90. The van der Waals surface area contributed by atoms with Gasteiger partial charge in [0.25, 0.3) is 5.91 Å². The van der Waals surface area contributed by atoms with Crippen LogP contribution < -0.4 is 10.1 Å². The number of nitrogens with one attached hydrogen (secondary N) is 1. The van der Waals surface area contributed by atoms with Crippen LogP contribution in [-0.2, 0) is 4.79 Å². The monoisotopic (exact) mass is 277 g/mol. The molecule has 0 saturated carbocycles. The van der Waals surface area contributed by atoms with Crippen LogP contribution in [0, 0.1) is 6.92 Å². The molecule has 0 aliphatic rings. The van der Waals surface area contributed by atoms with Gasteiger partial charge in [0.15, 0.2) is 6.61 Å². The van der Waals surface area contributed by atoms with Crippen molar-refractivity contribution < 1.29 is 24.0 Å². The zero-order chi connectivity index (χ0) is 14.5. The second kappa shape index (κ2) is 5.83. The number of hydrogen-bond acceptors (Lipinski definition) is 6. The fourth-order valence-corrected chi connectivity index (χ4v) is 1.36. The second-order valence-corrected chi connectivity index (χ2v) is 3.88. The van der Waals surface area contributed by atoms with Crippen LogP contribution in [-0.4, -0.2) is 33.7 Å². The van der Waals surface area contributed by atoms with Gasteiger partial charge in [-0.1, -0.05) is 5.16 Å². The molecule has 0 atom stereocenters. The molecule has 0 saturated heterocycles. The smallest absolute Gasteiger partial charge is 0.337 e. The van der Waals surface area contributed by atoms with Gasteiger partial charge in [-0.05, 0) is 13.0 Å². The van der Waals surface area contributed by atoms with Gasteiger partial charge < -0.3 is 14.4 Å². The number of carbonyl (C=O) groups is 2. The molecular formula is C12H11N3O5. The Hall–Kier alpha value is -2.90. The average molecular weight is 277 g/mol. The highest BCUT2D eigenvalue weighted by Gasteiger charge is 2.09. The molecule has 20 heavy (non-hydrogen) atoms. The van der Waals surface area contributed by atoms with Crippen LogP contribution in [0.3, 0.4) is 0 Å². The van der Waals surface area contributed by atoms with Crippen LogP contribution in [0.15, 0.2) is 29.0 Å². The number of amides is 1. The largest absolute Gasteiger partial charge is 0.482 e. The van der Waals surface area contributed by atoms with Crippen molar-refractivity contribution in [1.29, 1.82) is 0 Å². The Kier molecular flexibility index (Phi) is 3.94. The van der Waals surface area contributed by atoms with Gasteiger partial charge in [0.1, 0.15) is 5.75 Å². The summed E-state index contributed by atoms with van der Waals surface area (Å²) in [7, 11) is 0. The maximum absolute atomic E-state index is 11.6. The first-order valence-corrected chi connectivity index (χ1v) is 5.59. The molecule has 8 nitrogen and oxygen atoms in total. The predicted octanol–water partition coefficient (Wildman–Crippen LogP) is 1.09. The Labute approximate surface area is 113 Å². The van der Waals surface area contributed by atoms with E-state index in [1.807, 2.05) is 0 Å². The molecular weight excluding hydrogens is 266 g/mol. The van der Waals surface area contributed by atoms with Crippen LogP contribution in [0.4, 0.5) is 5.88 Å². The summed E-state index contributed by atoms with van der Waals surface area (Å²) in [6.45, 7) is 1.42. The molecule has 2 N–H and O–H groups in total. The zero-order valence-corrected chi connectivity index (χ0v) is 10.5. The molecule has 0 fully saturated rings. The molecule has 0 aliphatic heterocycles. The summed E-state index contributed by atoms with van der Waals surface area (Å²) >= 11 is 0. The number of anilines is 1. The van der Waals surface area contributed by atoms with Gasteiger partial charge in [-0.2, -0.15) is 0 Å². The van der Waals surface area contributed by atoms with E-state index in [9.17, 15) is 9.59 Å². The van der Waals surface area contributed by atoms with E-state index in [4.69, 9.17) is 14.4 Å². The summed E-state index contributed by atoms with van der Waals surface area (Å²) in [6, 6.07) is 2.84. The fourth-order valence-electron chi connectivity index (χ4n) is 1.36. The van der Waals surface area contributed by atoms with E-state index in [2.05, 4.69) is 15.5 Å². The molecule has 8 heteroatoms. The summed E-state index contributed by atoms with van der Waals surface area (Å²) < 4.78 is 9.95. The van der Waals surface area contributed by atoms with Crippen LogP contribution in [0.1, 0.15) is 16.1 Å². The first-order chi connectivity index (χ1) is 9.54. The number of aryl methyl sites for hydroxylation is 1. The lowest BCUT2D eigenvalue weighted by Crippen LogP contribution is -2.20. The summed E-state index contributed by atoms with van der Waals surface area (Å²) in [5.74, 6) is -1.17. The third-order valence-electron chi connectivity index (χ3n) is 2.22. The third kappa shape index (κ3) is 3.55. The number of carboxylic acid groups (broad SMARTS) is 1. The number of pyridine rings is 1. The minimum atomic E-state index is -1.12. The lowest BCUT2D eigenvalue weighted by Gasteiger charge is -2.05. The van der Waals surface area contributed by atoms with E-state index in [0.717, 1.165) is 0 Å². The van der Waals surface area contributed by atoms with Crippen molar-refractivity contribution in [3.63, 3.8) is 0 Å². The van der Waals surface area contributed by atoms with Crippen LogP contribution in [0.5, 0.6) is 5.75 Å². The molecule has 1 amide bonds. The highest BCUT2D eigenvalue weighted by Crippen LogP contribution is 2.12. The number of carbonyl (C=O) groups excluding carboxylic acids is 1. The van der Waals surface area contributed by atoms with Crippen LogP contribution >= 0.6 is 0 Å². The fraction of sp³-hybridized carbons (Fsp3) is 0.167. The topological polar surface area (TPSA) is 115 Å². The minimum Gasteiger partial charge on any atom is -0.482 e. The lowest BCUT2D eigenvalue weighted by atomic mass is 10.3. The van der Waals surface area contributed by atoms with Crippen molar-refractivity contribution in [2.45, 2.75) is 6.92 Å². The molecule has 2 heterocycles. The molecule has 0 aromatic carbocycles. The van der Waals surface area contributed by atoms with E-state index >= 15 is 0 Å². The van der Waals surface area contributed by atoms with Gasteiger partial charge >= 0.3 is 5.97 Å². The van der Waals surface area contributed by atoms with Gasteiger partial charge in [-0.3, -0.25) is 15.1 Å². The van der Waals surface area contributed by atoms with Crippen molar-refractivity contribution in [2.75, 3.05) is 11.9 Å². The number of ether oxygens (including phenoxy) is 1. The molecule has 104 valence electrons. The van der Waals surface area contributed by atoms with E-state index in [-0.39, 0.29) is 23.8 Å². The molecule has 0 radical (unpaired) electrons. The van der Waals surface area contributed by atoms with Gasteiger partial charge in [-0.25, -0.2) is 4.79 Å². The summed E-state index contributed by atoms with van der Waals surface area (Å²) in [5, 5.41) is 14.8. The first kappa shape index (κ1) is 13.5. The summed E-state index contributed by atoms with van der Waals surface area (Å²) in [4.78, 5) is 26.0. The average Bonchev–Trinajstić information content (AvgIpc) is 2.82. The Morgan fingerprint density at radius 3 is 2.85 bits per heavy atom. The molecule has 2 rings (SSSR count). The van der Waals surface area contributed by atoms with Gasteiger partial charge in [0, 0.05) is 12.3 Å². The highest BCUT2D eigenvalue weighted by molar-refractivity contribution is 5.90. The van der Waals surface area contributed by atoms with E-state index in [0.29, 0.717) is 5.69 Å². The minimum absolute atomic E-state index is 0.0197. The number of rotatable bonds is 5. The van der Waals surface area contributed by atoms with E-state index < -0.39 is 11.9 Å². The zero-order valence-electron chi connectivity index (χ0n) is 10.5. The van der Waals surface area contributed by atoms with Gasteiger partial charge in [0.2, 0.25) is 5.88 Å². The Morgan fingerprint density at radius 1 is 1.40 bits per heavy atom. The third-order valence-corrected chi connectivity index (χ3v) is 2.22. The van der Waals surface area contributed by atoms with Crippen molar-refractivity contribution in [1.82, 2.24) is 10.1 Å². The van der Waals surface area contributed by atoms with Crippen LogP contribution in [0.2, 0.25) is 0 Å². The molecule has 0 aliphatic carbocycles. The first-order valence-electron chi connectivity index (χ1n) is 5.59. The number of nitrogens with zero attached hydrogens (tertiary/aromatic N) is 2. The number of aromatic nitrogens is 2. The Morgan fingerprint density at radius 2 is 2.20 bits per heavy atom. The second-order valence-electron chi connectivity index (χ2n) is 3.88. The standard InChI is InChI=1S/C12H11N3O5/c1-7-2-11(20-15-7)14-10(16)6-19-9-3-8(12(17)18)4-13-5-9/h2-5H,6H2,1H3,(H,14,16)(H,17,18). The molecule has 2 aromatic heterocycles. The van der Waals surface area contributed by atoms with Gasteiger partial charge in [0.05, 0.1) is 17.5 Å². The normalized spacial score (nSPS) is 10.1. The number of hydrogen-bond donors (Lipinski definition) is 2. The maximum atomic E-state index is 11.6. The molecule has 2 aromatic rings. The molecule has 0 spiro atoms. The van der Waals surface area contributed by atoms with Crippen LogP contribution in [0.25, 0.3) is 0 Å². The quantitative estimate of drug-likeness (QED) is 0.840. The van der Waals surface area contributed by atoms with E-state index in [1.54, 1.807) is 13.0 Å².